The van der Waals surface area contributed by atoms with Crippen LogP contribution >= 0.6 is 15.9 Å². The third-order valence-corrected chi connectivity index (χ3v) is 4.24. The van der Waals surface area contributed by atoms with Gasteiger partial charge in [0.25, 0.3) is 5.79 Å². The number of hydrogen-bond acceptors (Lipinski definition) is 6. The Kier molecular flexibility index (Phi) is 4.18. The molecule has 0 saturated carbocycles. The van der Waals surface area contributed by atoms with Crippen molar-refractivity contribution in [1.29, 1.82) is 0 Å². The first-order valence-corrected chi connectivity index (χ1v) is 7.75. The van der Waals surface area contributed by atoms with Crippen LogP contribution < -0.4 is 0 Å². The SMILES string of the molecule is OC[C@H]1CCC(O)(O)[C@@](O)(C#Cc2cc(Br)cc3cn[nH]c23)O1. The van der Waals surface area contributed by atoms with Crippen molar-refractivity contribution in [2.45, 2.75) is 30.5 Å². The van der Waals surface area contributed by atoms with E-state index in [9.17, 15) is 15.3 Å². The van der Waals surface area contributed by atoms with E-state index in [2.05, 4.69) is 38.0 Å². The van der Waals surface area contributed by atoms with E-state index in [1.165, 1.54) is 0 Å². The zero-order chi connectivity index (χ0) is 16.7. The van der Waals surface area contributed by atoms with Gasteiger partial charge in [-0.25, -0.2) is 0 Å². The van der Waals surface area contributed by atoms with Gasteiger partial charge < -0.3 is 25.2 Å². The zero-order valence-corrected chi connectivity index (χ0v) is 13.5. The maximum atomic E-state index is 10.4. The minimum atomic E-state index is -2.52. The van der Waals surface area contributed by atoms with Crippen molar-refractivity contribution in [3.05, 3.63) is 28.4 Å². The molecule has 1 aliphatic rings. The molecule has 0 radical (unpaired) electrons. The number of benzene rings is 1. The number of aliphatic hydroxyl groups is 4. The van der Waals surface area contributed by atoms with Crippen molar-refractivity contribution in [2.75, 3.05) is 6.61 Å². The predicted octanol–water partition coefficient (Wildman–Crippen LogP) is 0.218. The highest BCUT2D eigenvalue weighted by molar-refractivity contribution is 9.10. The van der Waals surface area contributed by atoms with E-state index < -0.39 is 17.7 Å². The van der Waals surface area contributed by atoms with Gasteiger partial charge in [-0.1, -0.05) is 21.9 Å². The first kappa shape index (κ1) is 16.4. The average molecular weight is 383 g/mol. The summed E-state index contributed by atoms with van der Waals surface area (Å²) in [7, 11) is 0. The Balaban J connectivity index is 2.02. The molecule has 1 aliphatic heterocycles. The fourth-order valence-electron chi connectivity index (χ4n) is 2.46. The minimum absolute atomic E-state index is 0.165. The van der Waals surface area contributed by atoms with Crippen LogP contribution in [0.5, 0.6) is 0 Å². The van der Waals surface area contributed by atoms with Crippen molar-refractivity contribution in [3.8, 4) is 11.8 Å². The average Bonchev–Trinajstić information content (AvgIpc) is 2.96. The zero-order valence-electron chi connectivity index (χ0n) is 12.0. The first-order valence-electron chi connectivity index (χ1n) is 6.96. The number of fused-ring (bicyclic) bond motifs is 1. The van der Waals surface area contributed by atoms with Crippen LogP contribution in [0.4, 0.5) is 0 Å². The fourth-order valence-corrected chi connectivity index (χ4v) is 2.93. The Morgan fingerprint density at radius 3 is 2.91 bits per heavy atom. The highest BCUT2D eigenvalue weighted by atomic mass is 79.9. The number of hydrogen-bond donors (Lipinski definition) is 5. The van der Waals surface area contributed by atoms with Gasteiger partial charge in [0.1, 0.15) is 0 Å². The Morgan fingerprint density at radius 1 is 1.39 bits per heavy atom. The van der Waals surface area contributed by atoms with Gasteiger partial charge in [-0.3, -0.25) is 5.10 Å². The molecule has 0 bridgehead atoms. The Bertz CT molecular complexity index is 794. The van der Waals surface area contributed by atoms with Gasteiger partial charge >= 0.3 is 0 Å². The number of aromatic nitrogens is 2. The molecule has 5 N–H and O–H groups in total. The van der Waals surface area contributed by atoms with Gasteiger partial charge in [-0.2, -0.15) is 5.10 Å². The molecule has 1 aromatic heterocycles. The van der Waals surface area contributed by atoms with Crippen LogP contribution in [-0.2, 0) is 4.74 Å². The molecule has 1 aromatic carbocycles. The molecule has 2 atom stereocenters. The number of aromatic amines is 1. The first-order chi connectivity index (χ1) is 10.8. The van der Waals surface area contributed by atoms with E-state index in [0.717, 1.165) is 9.86 Å². The highest BCUT2D eigenvalue weighted by Crippen LogP contribution is 2.34. The molecule has 2 aromatic rings. The molecule has 0 spiro atoms. The lowest BCUT2D eigenvalue weighted by Crippen LogP contribution is -2.60. The molecule has 0 amide bonds. The second-order valence-corrected chi connectivity index (χ2v) is 6.37. The lowest BCUT2D eigenvalue weighted by molar-refractivity contribution is -0.380. The predicted molar refractivity (Wildman–Crippen MR) is 84.0 cm³/mol. The van der Waals surface area contributed by atoms with Crippen LogP contribution in [0.3, 0.4) is 0 Å². The fraction of sp³-hybridized carbons (Fsp3) is 0.400. The third kappa shape index (κ3) is 2.99. The third-order valence-electron chi connectivity index (χ3n) is 3.78. The van der Waals surface area contributed by atoms with E-state index in [1.807, 2.05) is 6.07 Å². The lowest BCUT2D eigenvalue weighted by Gasteiger charge is -2.42. The summed E-state index contributed by atoms with van der Waals surface area (Å²) in [6.07, 6.45) is 0.953. The van der Waals surface area contributed by atoms with Crippen molar-refractivity contribution < 1.29 is 25.2 Å². The quantitative estimate of drug-likeness (QED) is 0.355. The minimum Gasteiger partial charge on any atom is -0.394 e. The normalized spacial score (nSPS) is 26.7. The molecular weight excluding hydrogens is 368 g/mol. The van der Waals surface area contributed by atoms with E-state index >= 15 is 0 Å². The van der Waals surface area contributed by atoms with Gasteiger partial charge in [0.15, 0.2) is 0 Å². The van der Waals surface area contributed by atoms with Crippen molar-refractivity contribution in [3.63, 3.8) is 0 Å². The number of aliphatic hydroxyl groups excluding tert-OH is 1. The molecule has 0 unspecified atom stereocenters. The summed E-state index contributed by atoms with van der Waals surface area (Å²) in [6.45, 7) is -0.345. The maximum absolute atomic E-state index is 10.4. The lowest BCUT2D eigenvalue weighted by atomic mass is 9.94. The topological polar surface area (TPSA) is 119 Å². The number of nitrogens with zero attached hydrogens (tertiary/aromatic N) is 1. The summed E-state index contributed by atoms with van der Waals surface area (Å²) >= 11 is 3.36. The van der Waals surface area contributed by atoms with Crippen molar-refractivity contribution in [2.24, 2.45) is 0 Å². The summed E-state index contributed by atoms with van der Waals surface area (Å²) in [5, 5.41) is 47.1. The largest absolute Gasteiger partial charge is 0.394 e. The van der Waals surface area contributed by atoms with Gasteiger partial charge in [0.2, 0.25) is 5.79 Å². The van der Waals surface area contributed by atoms with Crippen LogP contribution in [0, 0.1) is 11.8 Å². The molecule has 1 fully saturated rings. The maximum Gasteiger partial charge on any atom is 0.287 e. The Hall–Kier alpha value is -1.47. The summed E-state index contributed by atoms with van der Waals surface area (Å²) in [4.78, 5) is 0. The van der Waals surface area contributed by atoms with Crippen LogP contribution in [0.1, 0.15) is 18.4 Å². The van der Waals surface area contributed by atoms with Gasteiger partial charge in [0.05, 0.1) is 30.0 Å². The molecule has 122 valence electrons. The van der Waals surface area contributed by atoms with Crippen LogP contribution in [-0.4, -0.2) is 54.9 Å². The van der Waals surface area contributed by atoms with E-state index in [0.29, 0.717) is 11.1 Å². The Morgan fingerprint density at radius 2 is 2.17 bits per heavy atom. The van der Waals surface area contributed by atoms with Crippen molar-refractivity contribution >= 4 is 26.8 Å². The molecule has 7 nitrogen and oxygen atoms in total. The monoisotopic (exact) mass is 382 g/mol. The smallest absolute Gasteiger partial charge is 0.287 e. The molecule has 0 aliphatic carbocycles. The van der Waals surface area contributed by atoms with E-state index in [4.69, 9.17) is 9.84 Å². The Labute approximate surface area is 140 Å². The number of nitrogens with one attached hydrogen (secondary N) is 1. The number of ether oxygens (including phenoxy) is 1. The summed E-state index contributed by atoms with van der Waals surface area (Å²) in [5.74, 6) is 0.0630. The summed E-state index contributed by atoms with van der Waals surface area (Å²) < 4.78 is 5.94. The van der Waals surface area contributed by atoms with E-state index in [-0.39, 0.29) is 19.4 Å². The van der Waals surface area contributed by atoms with Crippen LogP contribution in [0.2, 0.25) is 0 Å². The molecule has 8 heteroatoms. The number of H-pyrrole nitrogens is 1. The number of rotatable bonds is 1. The van der Waals surface area contributed by atoms with Gasteiger partial charge in [-0.15, -0.1) is 0 Å². The van der Waals surface area contributed by atoms with Crippen molar-refractivity contribution in [1.82, 2.24) is 10.2 Å². The molecular formula is C15H15BrN2O5. The standard InChI is InChI=1S/C15H15BrN2O5/c16-11-5-9(13-10(6-11)7-17-18-13)1-4-15(22)14(20,21)3-2-12(8-19)23-15/h5-7,12,19-22H,2-3,8H2,(H,17,18)/t12-,15-/m1/s1. The molecule has 1 saturated heterocycles. The van der Waals surface area contributed by atoms with E-state index in [1.54, 1.807) is 12.3 Å². The molecule has 3 rings (SSSR count). The second-order valence-electron chi connectivity index (χ2n) is 5.46. The number of halogens is 1. The highest BCUT2D eigenvalue weighted by Gasteiger charge is 2.53. The van der Waals surface area contributed by atoms with Crippen LogP contribution in [0.15, 0.2) is 22.8 Å². The van der Waals surface area contributed by atoms with Gasteiger partial charge in [0, 0.05) is 16.3 Å². The van der Waals surface area contributed by atoms with Gasteiger partial charge in [-0.05, 0) is 24.5 Å². The summed E-state index contributed by atoms with van der Waals surface area (Å²) in [6, 6.07) is 3.56. The second kappa shape index (κ2) is 5.87. The summed E-state index contributed by atoms with van der Waals surface area (Å²) in [5.41, 5.74) is 1.16. The van der Waals surface area contributed by atoms with Crippen LogP contribution in [0.25, 0.3) is 10.9 Å². The molecule has 23 heavy (non-hydrogen) atoms. The molecule has 2 heterocycles.